The zero-order valence-corrected chi connectivity index (χ0v) is 5.59. The molecule has 0 bridgehead atoms. The standard InChI is InChI=1S/C5H3NO3S/c7-4-1-3-5(9-4)10(8)2-6-3/h1-2,7H. The molecule has 52 valence electrons. The minimum Gasteiger partial charge on any atom is -0.481 e. The summed E-state index contributed by atoms with van der Waals surface area (Å²) in [6.45, 7) is 0. The second kappa shape index (κ2) is 1.69. The summed E-state index contributed by atoms with van der Waals surface area (Å²) in [6, 6.07) is 1.33. The van der Waals surface area contributed by atoms with Crippen molar-refractivity contribution in [2.45, 2.75) is 5.09 Å². The predicted molar refractivity (Wildman–Crippen MR) is 34.9 cm³/mol. The fourth-order valence-corrected chi connectivity index (χ4v) is 1.53. The van der Waals surface area contributed by atoms with Crippen molar-refractivity contribution in [2.75, 3.05) is 0 Å². The van der Waals surface area contributed by atoms with E-state index < -0.39 is 10.8 Å². The van der Waals surface area contributed by atoms with Crippen molar-refractivity contribution >= 4 is 22.0 Å². The maximum absolute atomic E-state index is 10.8. The summed E-state index contributed by atoms with van der Waals surface area (Å²) in [6.07, 6.45) is 0. The van der Waals surface area contributed by atoms with Crippen LogP contribution in [-0.4, -0.2) is 14.9 Å². The Balaban J connectivity index is 2.68. The van der Waals surface area contributed by atoms with Gasteiger partial charge in [-0.05, 0) is 0 Å². The Morgan fingerprint density at radius 2 is 2.50 bits per heavy atom. The van der Waals surface area contributed by atoms with Crippen LogP contribution in [0.1, 0.15) is 0 Å². The van der Waals surface area contributed by atoms with E-state index in [0.29, 0.717) is 5.69 Å². The molecule has 2 rings (SSSR count). The van der Waals surface area contributed by atoms with Crippen molar-refractivity contribution in [3.63, 3.8) is 0 Å². The molecule has 0 spiro atoms. The smallest absolute Gasteiger partial charge is 0.285 e. The van der Waals surface area contributed by atoms with Crippen molar-refractivity contribution in [1.82, 2.24) is 0 Å². The van der Waals surface area contributed by atoms with E-state index in [1.807, 2.05) is 0 Å². The van der Waals surface area contributed by atoms with Gasteiger partial charge < -0.3 is 9.52 Å². The molecule has 10 heavy (non-hydrogen) atoms. The third kappa shape index (κ3) is 0.607. The first kappa shape index (κ1) is 5.67. The van der Waals surface area contributed by atoms with Gasteiger partial charge in [0, 0.05) is 6.07 Å². The van der Waals surface area contributed by atoms with Crippen LogP contribution in [-0.2, 0) is 10.8 Å². The maximum atomic E-state index is 10.8. The highest BCUT2D eigenvalue weighted by atomic mass is 32.2. The third-order valence-corrected chi connectivity index (χ3v) is 2.09. The monoisotopic (exact) mass is 157 g/mol. The van der Waals surface area contributed by atoms with Crippen LogP contribution in [0, 0.1) is 0 Å². The molecule has 1 N–H and O–H groups in total. The molecule has 5 heteroatoms. The predicted octanol–water partition coefficient (Wildman–Crippen LogP) is 0.766. The summed E-state index contributed by atoms with van der Waals surface area (Å²) >= 11 is 0. The third-order valence-electron chi connectivity index (χ3n) is 1.14. The average Bonchev–Trinajstić information content (AvgIpc) is 2.35. The van der Waals surface area contributed by atoms with Gasteiger partial charge in [0.2, 0.25) is 5.09 Å². The molecule has 1 unspecified atom stereocenters. The highest BCUT2D eigenvalue weighted by Gasteiger charge is 2.19. The van der Waals surface area contributed by atoms with Gasteiger partial charge in [0.1, 0.15) is 16.5 Å². The Kier molecular flexibility index (Phi) is 0.960. The van der Waals surface area contributed by atoms with Gasteiger partial charge in [-0.25, -0.2) is 9.20 Å². The fourth-order valence-electron chi connectivity index (χ4n) is 0.739. The van der Waals surface area contributed by atoms with Crippen molar-refractivity contribution in [1.29, 1.82) is 0 Å². The van der Waals surface area contributed by atoms with E-state index in [4.69, 9.17) is 5.11 Å². The molecule has 1 aliphatic rings. The molecule has 1 aromatic heterocycles. The molecule has 0 saturated carbocycles. The molecule has 4 nitrogen and oxygen atoms in total. The largest absolute Gasteiger partial charge is 0.481 e. The highest BCUT2D eigenvalue weighted by Crippen LogP contribution is 2.33. The number of aliphatic imine (C=N–C) groups is 1. The topological polar surface area (TPSA) is 62.8 Å². The maximum Gasteiger partial charge on any atom is 0.285 e. The van der Waals surface area contributed by atoms with E-state index in [2.05, 4.69) is 9.41 Å². The Morgan fingerprint density at radius 1 is 1.70 bits per heavy atom. The summed E-state index contributed by atoms with van der Waals surface area (Å²) in [5, 5.41) is 8.98. The number of aromatic hydroxyl groups is 1. The van der Waals surface area contributed by atoms with Gasteiger partial charge in [-0.1, -0.05) is 0 Å². The molecule has 1 aliphatic heterocycles. The molecule has 0 amide bonds. The van der Waals surface area contributed by atoms with Crippen molar-refractivity contribution in [3.05, 3.63) is 6.07 Å². The number of furan rings is 1. The molecule has 0 aromatic carbocycles. The minimum absolute atomic E-state index is 0.234. The first-order chi connectivity index (χ1) is 4.77. The lowest BCUT2D eigenvalue weighted by molar-refractivity contribution is 0.300. The van der Waals surface area contributed by atoms with Gasteiger partial charge in [-0.2, -0.15) is 0 Å². The van der Waals surface area contributed by atoms with Crippen molar-refractivity contribution in [3.8, 4) is 5.95 Å². The molecule has 1 atom stereocenters. The molecule has 0 saturated heterocycles. The Bertz CT molecular complexity index is 328. The van der Waals surface area contributed by atoms with Crippen LogP contribution in [0.15, 0.2) is 20.6 Å². The van der Waals surface area contributed by atoms with Gasteiger partial charge >= 0.3 is 0 Å². The van der Waals surface area contributed by atoms with Crippen LogP contribution in [0.3, 0.4) is 0 Å². The van der Waals surface area contributed by atoms with Crippen LogP contribution >= 0.6 is 0 Å². The quantitative estimate of drug-likeness (QED) is 0.604. The normalized spacial score (nSPS) is 21.4. The second-order valence-electron chi connectivity index (χ2n) is 1.79. The van der Waals surface area contributed by atoms with E-state index in [1.165, 1.54) is 11.6 Å². The van der Waals surface area contributed by atoms with Crippen molar-refractivity contribution < 1.29 is 13.7 Å². The summed E-state index contributed by atoms with van der Waals surface area (Å²) in [5.41, 5.74) is 1.73. The summed E-state index contributed by atoms with van der Waals surface area (Å²) in [5.74, 6) is -0.241. The molecule has 0 fully saturated rings. The highest BCUT2D eigenvalue weighted by molar-refractivity contribution is 7.98. The summed E-state index contributed by atoms with van der Waals surface area (Å²) < 4.78 is 15.5. The molecule has 2 heterocycles. The van der Waals surface area contributed by atoms with Crippen LogP contribution in [0.25, 0.3) is 0 Å². The SMILES string of the molecule is O=S1C=Nc2cc(O)oc21. The van der Waals surface area contributed by atoms with Crippen LogP contribution in [0.5, 0.6) is 5.95 Å². The van der Waals surface area contributed by atoms with Gasteiger partial charge in [-0.15, -0.1) is 0 Å². The van der Waals surface area contributed by atoms with Crippen LogP contribution in [0.2, 0.25) is 0 Å². The van der Waals surface area contributed by atoms with E-state index in [9.17, 15) is 4.21 Å². The van der Waals surface area contributed by atoms with E-state index in [1.54, 1.807) is 0 Å². The molecule has 1 aromatic rings. The van der Waals surface area contributed by atoms with E-state index >= 15 is 0 Å². The first-order valence-electron chi connectivity index (χ1n) is 2.55. The molecule has 0 aliphatic carbocycles. The Labute approximate surface area is 58.6 Å². The number of nitrogens with zero attached hydrogens (tertiary/aromatic N) is 1. The zero-order chi connectivity index (χ0) is 7.14. The summed E-state index contributed by atoms with van der Waals surface area (Å²) in [7, 11) is -1.30. The number of hydrogen-bond acceptors (Lipinski definition) is 4. The average molecular weight is 157 g/mol. The fraction of sp³-hybridized carbons (Fsp3) is 0. The molecular formula is C5H3NO3S. The minimum atomic E-state index is -1.30. The zero-order valence-electron chi connectivity index (χ0n) is 4.77. The van der Waals surface area contributed by atoms with Gasteiger partial charge in [0.15, 0.2) is 0 Å². The molecular weight excluding hydrogens is 154 g/mol. The lowest BCUT2D eigenvalue weighted by atomic mass is 10.5. The lowest BCUT2D eigenvalue weighted by Crippen LogP contribution is -1.81. The van der Waals surface area contributed by atoms with Crippen molar-refractivity contribution in [2.24, 2.45) is 4.99 Å². The molecule has 0 radical (unpaired) electrons. The van der Waals surface area contributed by atoms with Gasteiger partial charge in [-0.3, -0.25) is 0 Å². The Morgan fingerprint density at radius 3 is 3.20 bits per heavy atom. The van der Waals surface area contributed by atoms with Crippen LogP contribution < -0.4 is 0 Å². The Hall–Kier alpha value is -1.10. The first-order valence-corrected chi connectivity index (χ1v) is 3.76. The summed E-state index contributed by atoms with van der Waals surface area (Å²) in [4.78, 5) is 3.72. The number of fused-ring (bicyclic) bond motifs is 1. The van der Waals surface area contributed by atoms with Crippen LogP contribution in [0.4, 0.5) is 5.69 Å². The lowest BCUT2D eigenvalue weighted by Gasteiger charge is -1.80. The number of rotatable bonds is 0. The van der Waals surface area contributed by atoms with E-state index in [0.717, 1.165) is 0 Å². The second-order valence-corrected chi connectivity index (χ2v) is 2.97. The van der Waals surface area contributed by atoms with Gasteiger partial charge in [0.05, 0.1) is 5.55 Å². The van der Waals surface area contributed by atoms with E-state index in [-0.39, 0.29) is 11.0 Å². The van der Waals surface area contributed by atoms with Gasteiger partial charge in [0.25, 0.3) is 5.95 Å². The number of hydrogen-bond donors (Lipinski definition) is 1.